The number of benzene rings is 1. The molecule has 0 spiro atoms. The molecule has 2 nitrogen and oxygen atoms in total. The predicted molar refractivity (Wildman–Crippen MR) is 63.7 cm³/mol. The third-order valence-electron chi connectivity index (χ3n) is 3.59. The minimum Gasteiger partial charge on any atom is -0.465 e. The number of carbonyl (C=O) groups excluding carboxylic acids is 1. The third-order valence-corrected chi connectivity index (χ3v) is 3.59. The van der Waals surface area contributed by atoms with E-state index >= 15 is 0 Å². The molecule has 1 aliphatic rings. The zero-order chi connectivity index (χ0) is 14.3. The van der Waals surface area contributed by atoms with Gasteiger partial charge in [0.05, 0.1) is 6.61 Å². The largest absolute Gasteiger partial charge is 0.465 e. The Hall–Kier alpha value is -1.52. The van der Waals surface area contributed by atoms with Gasteiger partial charge in [-0.15, -0.1) is 0 Å². The van der Waals surface area contributed by atoms with Crippen LogP contribution in [0.3, 0.4) is 0 Å². The van der Waals surface area contributed by atoms with Gasteiger partial charge in [0.25, 0.3) is 0 Å². The topological polar surface area (TPSA) is 26.3 Å². The Morgan fingerprint density at radius 2 is 1.95 bits per heavy atom. The molecule has 1 aliphatic carbocycles. The first-order valence-electron chi connectivity index (χ1n) is 6.13. The van der Waals surface area contributed by atoms with E-state index < -0.39 is 23.5 Å². The Morgan fingerprint density at radius 3 is 2.42 bits per heavy atom. The zero-order valence-electron chi connectivity index (χ0n) is 10.8. The summed E-state index contributed by atoms with van der Waals surface area (Å²) in [4.78, 5) is 11.7. The molecule has 0 bridgehead atoms. The number of esters is 1. The first-order chi connectivity index (χ1) is 8.83. The summed E-state index contributed by atoms with van der Waals surface area (Å²) in [5.74, 6) is -1.99. The van der Waals surface area contributed by atoms with Crippen LogP contribution in [0.4, 0.5) is 13.2 Å². The number of rotatable bonds is 3. The number of ether oxygens (including phenoxy) is 1. The van der Waals surface area contributed by atoms with Crippen molar-refractivity contribution in [1.82, 2.24) is 0 Å². The van der Waals surface area contributed by atoms with E-state index in [2.05, 4.69) is 4.74 Å². The van der Waals surface area contributed by atoms with Gasteiger partial charge in [-0.2, -0.15) is 13.2 Å². The van der Waals surface area contributed by atoms with Crippen LogP contribution in [0.1, 0.15) is 30.4 Å². The van der Waals surface area contributed by atoms with Gasteiger partial charge in [0.2, 0.25) is 0 Å². The van der Waals surface area contributed by atoms with E-state index in [1.807, 2.05) is 6.92 Å². The van der Waals surface area contributed by atoms with Crippen LogP contribution in [0, 0.1) is 12.3 Å². The van der Waals surface area contributed by atoms with Crippen LogP contribution < -0.4 is 0 Å². The smallest absolute Gasteiger partial charge is 0.405 e. The van der Waals surface area contributed by atoms with Crippen LogP contribution in [-0.4, -0.2) is 18.8 Å². The highest BCUT2D eigenvalue weighted by Gasteiger charge is 2.76. The van der Waals surface area contributed by atoms with Crippen molar-refractivity contribution < 1.29 is 22.7 Å². The number of halogens is 3. The molecule has 2 atom stereocenters. The Balaban J connectivity index is 2.30. The highest BCUT2D eigenvalue weighted by molar-refractivity contribution is 5.83. The maximum atomic E-state index is 13.2. The molecule has 19 heavy (non-hydrogen) atoms. The molecule has 0 heterocycles. The summed E-state index contributed by atoms with van der Waals surface area (Å²) in [6.07, 6.45) is -4.80. The van der Waals surface area contributed by atoms with Gasteiger partial charge in [-0.25, -0.2) is 0 Å². The number of hydrogen-bond donors (Lipinski definition) is 0. The van der Waals surface area contributed by atoms with E-state index in [9.17, 15) is 18.0 Å². The monoisotopic (exact) mass is 272 g/mol. The van der Waals surface area contributed by atoms with E-state index in [1.54, 1.807) is 24.3 Å². The molecule has 104 valence electrons. The van der Waals surface area contributed by atoms with Crippen molar-refractivity contribution in [2.24, 2.45) is 5.41 Å². The summed E-state index contributed by atoms with van der Waals surface area (Å²) in [5.41, 5.74) is -0.840. The second kappa shape index (κ2) is 4.54. The highest BCUT2D eigenvalue weighted by atomic mass is 19.4. The number of alkyl halides is 3. The molecule has 1 aromatic rings. The van der Waals surface area contributed by atoms with Crippen LogP contribution in [-0.2, 0) is 9.53 Å². The summed E-state index contributed by atoms with van der Waals surface area (Å²) in [6.45, 7) is 3.32. The lowest BCUT2D eigenvalue weighted by molar-refractivity contribution is -0.207. The Kier molecular flexibility index (Phi) is 3.32. The van der Waals surface area contributed by atoms with Crippen LogP contribution in [0.25, 0.3) is 0 Å². The standard InChI is InChI=1S/C14H15F3O2/c1-3-19-12(18)13(14(15,16)17)8-11(13)10-6-4-9(2)5-7-10/h4-7,11H,3,8H2,1-2H3/t11-,13+/m1/s1. The zero-order valence-corrected chi connectivity index (χ0v) is 10.8. The minimum atomic E-state index is -4.57. The average molecular weight is 272 g/mol. The van der Waals surface area contributed by atoms with Crippen molar-refractivity contribution in [2.75, 3.05) is 6.61 Å². The first kappa shape index (κ1) is 13.9. The summed E-state index contributed by atoms with van der Waals surface area (Å²) >= 11 is 0. The third kappa shape index (κ3) is 2.22. The molecule has 0 aromatic heterocycles. The van der Waals surface area contributed by atoms with Crippen LogP contribution >= 0.6 is 0 Å². The van der Waals surface area contributed by atoms with Crippen molar-refractivity contribution in [2.45, 2.75) is 32.4 Å². The molecule has 1 fully saturated rings. The molecular weight excluding hydrogens is 257 g/mol. The Morgan fingerprint density at radius 1 is 1.37 bits per heavy atom. The summed E-state index contributed by atoms with van der Waals surface area (Å²) in [7, 11) is 0. The van der Waals surface area contributed by atoms with Crippen LogP contribution in [0.5, 0.6) is 0 Å². The van der Waals surface area contributed by atoms with E-state index in [-0.39, 0.29) is 13.0 Å². The quantitative estimate of drug-likeness (QED) is 0.786. The molecular formula is C14H15F3O2. The second-order valence-corrected chi connectivity index (χ2v) is 4.86. The molecule has 1 aromatic carbocycles. The summed E-state index contributed by atoms with van der Waals surface area (Å²) < 4.78 is 44.2. The number of carbonyl (C=O) groups is 1. The lowest BCUT2D eigenvalue weighted by Crippen LogP contribution is -2.35. The van der Waals surface area contributed by atoms with Gasteiger partial charge in [-0.1, -0.05) is 29.8 Å². The predicted octanol–water partition coefficient (Wildman–Crippen LogP) is 3.59. The lowest BCUT2D eigenvalue weighted by Gasteiger charge is -2.19. The van der Waals surface area contributed by atoms with E-state index in [0.29, 0.717) is 5.56 Å². The first-order valence-corrected chi connectivity index (χ1v) is 6.13. The van der Waals surface area contributed by atoms with Gasteiger partial charge in [-0.05, 0) is 25.8 Å². The molecule has 0 aliphatic heterocycles. The summed E-state index contributed by atoms with van der Waals surface area (Å²) in [5, 5.41) is 0. The van der Waals surface area contributed by atoms with E-state index in [1.165, 1.54) is 6.92 Å². The van der Waals surface area contributed by atoms with E-state index in [0.717, 1.165) is 5.56 Å². The highest BCUT2D eigenvalue weighted by Crippen LogP contribution is 2.68. The van der Waals surface area contributed by atoms with Gasteiger partial charge in [0.15, 0.2) is 5.41 Å². The van der Waals surface area contributed by atoms with Gasteiger partial charge < -0.3 is 4.74 Å². The minimum absolute atomic E-state index is 0.0444. The van der Waals surface area contributed by atoms with Crippen LogP contribution in [0.15, 0.2) is 24.3 Å². The van der Waals surface area contributed by atoms with Crippen LogP contribution in [0.2, 0.25) is 0 Å². The van der Waals surface area contributed by atoms with Crippen molar-refractivity contribution in [1.29, 1.82) is 0 Å². The molecule has 5 heteroatoms. The van der Waals surface area contributed by atoms with Crippen molar-refractivity contribution in [3.63, 3.8) is 0 Å². The van der Waals surface area contributed by atoms with Gasteiger partial charge in [-0.3, -0.25) is 4.79 Å². The fraction of sp³-hybridized carbons (Fsp3) is 0.500. The Bertz CT molecular complexity index is 478. The molecule has 0 unspecified atom stereocenters. The molecule has 1 saturated carbocycles. The summed E-state index contributed by atoms with van der Waals surface area (Å²) in [6, 6.07) is 6.79. The maximum absolute atomic E-state index is 13.2. The molecule has 2 rings (SSSR count). The molecule has 0 radical (unpaired) electrons. The Labute approximate surface area is 109 Å². The van der Waals surface area contributed by atoms with Crippen molar-refractivity contribution >= 4 is 5.97 Å². The van der Waals surface area contributed by atoms with Crippen molar-refractivity contribution in [3.8, 4) is 0 Å². The van der Waals surface area contributed by atoms with Gasteiger partial charge >= 0.3 is 12.1 Å². The molecule has 0 N–H and O–H groups in total. The second-order valence-electron chi connectivity index (χ2n) is 4.86. The number of hydrogen-bond acceptors (Lipinski definition) is 2. The fourth-order valence-corrected chi connectivity index (χ4v) is 2.38. The normalized spacial score (nSPS) is 26.1. The SMILES string of the molecule is CCOC(=O)[C@]1(C(F)(F)F)C[C@@H]1c1ccc(C)cc1. The maximum Gasteiger partial charge on any atom is 0.405 e. The molecule has 0 saturated heterocycles. The van der Waals surface area contributed by atoms with E-state index in [4.69, 9.17) is 0 Å². The fourth-order valence-electron chi connectivity index (χ4n) is 2.38. The van der Waals surface area contributed by atoms with Crippen molar-refractivity contribution in [3.05, 3.63) is 35.4 Å². The van der Waals surface area contributed by atoms with Gasteiger partial charge in [0, 0.05) is 5.92 Å². The lowest BCUT2D eigenvalue weighted by atomic mass is 9.98. The molecule has 0 amide bonds. The number of aryl methyl sites for hydroxylation is 1. The average Bonchev–Trinajstić information content (AvgIpc) is 3.06. The van der Waals surface area contributed by atoms with Gasteiger partial charge in [0.1, 0.15) is 0 Å².